The minimum atomic E-state index is -4.61. The summed E-state index contributed by atoms with van der Waals surface area (Å²) in [5.41, 5.74) is -1.11. The molecule has 37 heavy (non-hydrogen) atoms. The molecule has 2 rings (SSSR count). The number of esters is 1. The number of aryl methyl sites for hydroxylation is 1. The number of aliphatic hydroxyl groups is 2. The Balaban J connectivity index is 2.50. The molecule has 1 aromatic heterocycles. The van der Waals surface area contributed by atoms with E-state index in [0.717, 1.165) is 11.1 Å². The number of alkyl halides is 3. The minimum absolute atomic E-state index is 0.243. The topological polar surface area (TPSA) is 96.7 Å². The number of thiazole rings is 1. The number of cyclic esters (lactones) is 1. The van der Waals surface area contributed by atoms with Crippen molar-refractivity contribution in [1.82, 2.24) is 4.98 Å². The number of aromatic nitrogens is 1. The second kappa shape index (κ2) is 12.5. The van der Waals surface area contributed by atoms with Crippen LogP contribution in [0.3, 0.4) is 0 Å². The van der Waals surface area contributed by atoms with Gasteiger partial charge in [-0.1, -0.05) is 45.9 Å². The van der Waals surface area contributed by atoms with Crippen LogP contribution in [0.25, 0.3) is 6.08 Å². The lowest BCUT2D eigenvalue weighted by molar-refractivity contribution is -0.154. The van der Waals surface area contributed by atoms with Crippen molar-refractivity contribution in [3.63, 3.8) is 0 Å². The van der Waals surface area contributed by atoms with E-state index in [1.807, 2.05) is 6.92 Å². The molecule has 0 saturated carbocycles. The molecule has 0 aromatic carbocycles. The number of hydrogen-bond donors (Lipinski definition) is 2. The van der Waals surface area contributed by atoms with Crippen LogP contribution in [0, 0.1) is 24.2 Å². The minimum Gasteiger partial charge on any atom is -0.457 e. The summed E-state index contributed by atoms with van der Waals surface area (Å²) in [6.45, 7) is 9.55. The Morgan fingerprint density at radius 2 is 1.89 bits per heavy atom. The molecule has 0 bridgehead atoms. The number of rotatable bonds is 2. The number of ketones is 1. The summed E-state index contributed by atoms with van der Waals surface area (Å²) in [6.07, 6.45) is -4.04. The molecule has 0 saturated heterocycles. The van der Waals surface area contributed by atoms with Crippen molar-refractivity contribution >= 4 is 29.2 Å². The third-order valence-corrected chi connectivity index (χ3v) is 7.60. The van der Waals surface area contributed by atoms with Gasteiger partial charge in [0.05, 0.1) is 34.7 Å². The van der Waals surface area contributed by atoms with E-state index in [1.165, 1.54) is 44.3 Å². The first-order valence-corrected chi connectivity index (χ1v) is 13.0. The highest BCUT2D eigenvalue weighted by atomic mass is 32.1. The summed E-state index contributed by atoms with van der Waals surface area (Å²) in [5, 5.41) is 24.0. The van der Waals surface area contributed by atoms with Crippen molar-refractivity contribution in [2.45, 2.75) is 85.3 Å². The van der Waals surface area contributed by atoms with E-state index in [-0.39, 0.29) is 6.42 Å². The highest BCUT2D eigenvalue weighted by Crippen LogP contribution is 2.33. The first kappa shape index (κ1) is 30.9. The number of hydrogen-bond acceptors (Lipinski definition) is 7. The van der Waals surface area contributed by atoms with Crippen LogP contribution in [0.2, 0.25) is 0 Å². The number of allylic oxidation sites excluding steroid dienone is 2. The van der Waals surface area contributed by atoms with Gasteiger partial charge in [-0.2, -0.15) is 13.2 Å². The number of carbonyl (C=O) groups excluding carboxylic acids is 2. The van der Waals surface area contributed by atoms with Gasteiger partial charge in [-0.3, -0.25) is 9.59 Å². The standard InChI is InChI=1S/C27H36F3NO5S/c1-15-8-7-9-19(27(28,29)30)10-11-21(16(2)12-20-14-37-18(4)31-20)36-23(33)13-22(32)26(5,6)25(35)17(3)24(15)34/h7-8,10,12,14-15,17,21-22,24,32,34H,9,11,13H2,1-6H3/b8-7+,16-12?,19-10+/t15?,17-,21?,22+,24?/m1/s1. The molecule has 0 amide bonds. The molecular weight excluding hydrogens is 507 g/mol. The number of Topliss-reactive ketones (excluding diaryl/α,β-unsaturated/α-hetero) is 1. The molecule has 2 N–H and O–H groups in total. The summed E-state index contributed by atoms with van der Waals surface area (Å²) < 4.78 is 46.8. The first-order valence-electron chi connectivity index (χ1n) is 12.2. The van der Waals surface area contributed by atoms with Gasteiger partial charge in [0.25, 0.3) is 0 Å². The van der Waals surface area contributed by atoms with Crippen molar-refractivity contribution in [2.75, 3.05) is 0 Å². The van der Waals surface area contributed by atoms with Crippen molar-refractivity contribution in [2.24, 2.45) is 17.3 Å². The van der Waals surface area contributed by atoms with Crippen LogP contribution in [-0.4, -0.2) is 51.4 Å². The maximum absolute atomic E-state index is 13.8. The molecule has 0 aliphatic carbocycles. The van der Waals surface area contributed by atoms with Gasteiger partial charge in [-0.25, -0.2) is 4.98 Å². The van der Waals surface area contributed by atoms with Crippen LogP contribution in [0.15, 0.2) is 34.8 Å². The Hall–Kier alpha value is -2.30. The number of nitrogens with zero attached hydrogens (tertiary/aromatic N) is 1. The zero-order valence-electron chi connectivity index (χ0n) is 22.0. The Labute approximate surface area is 219 Å². The zero-order valence-corrected chi connectivity index (χ0v) is 22.8. The van der Waals surface area contributed by atoms with Gasteiger partial charge >= 0.3 is 12.1 Å². The molecule has 206 valence electrons. The summed E-state index contributed by atoms with van der Waals surface area (Å²) >= 11 is 1.41. The largest absolute Gasteiger partial charge is 0.457 e. The summed E-state index contributed by atoms with van der Waals surface area (Å²) in [6, 6.07) is 0. The second-order valence-corrected chi connectivity index (χ2v) is 11.3. The maximum atomic E-state index is 13.8. The van der Waals surface area contributed by atoms with Gasteiger partial charge in [0, 0.05) is 29.2 Å². The molecule has 1 aliphatic rings. The van der Waals surface area contributed by atoms with Crippen LogP contribution in [0.4, 0.5) is 13.2 Å². The molecule has 0 radical (unpaired) electrons. The fourth-order valence-corrected chi connectivity index (χ4v) is 4.74. The molecule has 0 fully saturated rings. The van der Waals surface area contributed by atoms with Crippen LogP contribution >= 0.6 is 11.3 Å². The molecule has 1 aliphatic heterocycles. The highest BCUT2D eigenvalue weighted by molar-refractivity contribution is 7.09. The number of halogens is 3. The van der Waals surface area contributed by atoms with Gasteiger partial charge in [0.1, 0.15) is 11.9 Å². The van der Waals surface area contributed by atoms with Crippen molar-refractivity contribution in [1.29, 1.82) is 0 Å². The molecule has 5 atom stereocenters. The van der Waals surface area contributed by atoms with Gasteiger partial charge in [-0.05, 0) is 31.9 Å². The van der Waals surface area contributed by atoms with Gasteiger partial charge in [0.15, 0.2) is 0 Å². The molecule has 3 unspecified atom stereocenters. The Morgan fingerprint density at radius 1 is 1.24 bits per heavy atom. The van der Waals surface area contributed by atoms with E-state index in [4.69, 9.17) is 4.74 Å². The summed E-state index contributed by atoms with van der Waals surface area (Å²) in [7, 11) is 0. The predicted molar refractivity (Wildman–Crippen MR) is 137 cm³/mol. The number of aliphatic hydroxyl groups excluding tert-OH is 2. The Morgan fingerprint density at radius 3 is 2.46 bits per heavy atom. The number of carbonyl (C=O) groups is 2. The van der Waals surface area contributed by atoms with Crippen molar-refractivity contribution in [3.05, 3.63) is 45.5 Å². The van der Waals surface area contributed by atoms with Gasteiger partial charge in [-0.15, -0.1) is 11.3 Å². The lowest BCUT2D eigenvalue weighted by atomic mass is 9.73. The average molecular weight is 544 g/mol. The monoisotopic (exact) mass is 543 g/mol. The maximum Gasteiger partial charge on any atom is 0.412 e. The Bertz CT molecular complexity index is 1060. The van der Waals surface area contributed by atoms with E-state index in [9.17, 15) is 33.0 Å². The van der Waals surface area contributed by atoms with Crippen LogP contribution in [-0.2, 0) is 14.3 Å². The summed E-state index contributed by atoms with van der Waals surface area (Å²) in [4.78, 5) is 30.2. The van der Waals surface area contributed by atoms with Gasteiger partial charge in [0.2, 0.25) is 0 Å². The second-order valence-electron chi connectivity index (χ2n) is 10.2. The van der Waals surface area contributed by atoms with E-state index in [2.05, 4.69) is 4.98 Å². The Kier molecular flexibility index (Phi) is 10.4. The molecule has 1 aromatic rings. The van der Waals surface area contributed by atoms with E-state index < -0.39 is 71.9 Å². The smallest absolute Gasteiger partial charge is 0.412 e. The van der Waals surface area contributed by atoms with Crippen molar-refractivity contribution in [3.8, 4) is 0 Å². The van der Waals surface area contributed by atoms with E-state index >= 15 is 0 Å². The number of ether oxygens (including phenoxy) is 1. The summed E-state index contributed by atoms with van der Waals surface area (Å²) in [5.74, 6) is -2.85. The van der Waals surface area contributed by atoms with Gasteiger partial charge < -0.3 is 14.9 Å². The lowest BCUT2D eigenvalue weighted by Crippen LogP contribution is -2.45. The van der Waals surface area contributed by atoms with Crippen LogP contribution in [0.1, 0.15) is 64.6 Å². The van der Waals surface area contributed by atoms with Crippen LogP contribution in [0.5, 0.6) is 0 Å². The first-order chi connectivity index (χ1) is 17.0. The van der Waals surface area contributed by atoms with Crippen LogP contribution < -0.4 is 0 Å². The molecule has 6 nitrogen and oxygen atoms in total. The SMILES string of the molecule is CC(=Cc1csc(C)n1)C1C/C=C(/C(F)(F)F)C/C=C/C(C)C(O)[C@@H](C)C(=O)C(C)(C)[C@@H](O)CC(=O)O1. The molecule has 2 heterocycles. The zero-order chi connectivity index (χ0) is 28.1. The highest BCUT2D eigenvalue weighted by Gasteiger charge is 2.42. The van der Waals surface area contributed by atoms with E-state index in [1.54, 1.807) is 25.3 Å². The fraction of sp³-hybridized carbons (Fsp3) is 0.593. The van der Waals surface area contributed by atoms with E-state index in [0.29, 0.717) is 11.3 Å². The average Bonchev–Trinajstić information content (AvgIpc) is 3.21. The lowest BCUT2D eigenvalue weighted by Gasteiger charge is -2.34. The predicted octanol–water partition coefficient (Wildman–Crippen LogP) is 5.58. The molecule has 0 spiro atoms. The quantitative estimate of drug-likeness (QED) is 0.373. The third kappa shape index (κ3) is 8.35. The molecule has 10 heteroatoms. The third-order valence-electron chi connectivity index (χ3n) is 6.81. The van der Waals surface area contributed by atoms with Crippen molar-refractivity contribution < 1.29 is 37.7 Å². The normalized spacial score (nSPS) is 31.4. The fourth-order valence-electron chi connectivity index (χ4n) is 4.17. The molecular formula is C27H36F3NO5S.